The minimum atomic E-state index is 0.0795. The summed E-state index contributed by atoms with van der Waals surface area (Å²) in [5.74, 6) is 1.56. The number of fused-ring (bicyclic) bond motifs is 1. The predicted molar refractivity (Wildman–Crippen MR) is 102 cm³/mol. The Bertz CT molecular complexity index is 809. The van der Waals surface area contributed by atoms with Crippen molar-refractivity contribution in [3.05, 3.63) is 16.1 Å². The van der Waals surface area contributed by atoms with Gasteiger partial charge in [0.2, 0.25) is 0 Å². The monoisotopic (exact) mass is 358 g/mol. The van der Waals surface area contributed by atoms with Gasteiger partial charge in [-0.25, -0.2) is 0 Å². The van der Waals surface area contributed by atoms with E-state index in [1.807, 2.05) is 18.7 Å². The van der Waals surface area contributed by atoms with Gasteiger partial charge in [-0.3, -0.25) is 4.79 Å². The molecule has 0 spiro atoms. The number of anilines is 1. The van der Waals surface area contributed by atoms with E-state index in [9.17, 15) is 4.79 Å². The number of hydrogen-bond donors (Lipinski definition) is 1. The van der Waals surface area contributed by atoms with Crippen LogP contribution in [0.25, 0.3) is 10.2 Å². The van der Waals surface area contributed by atoms with Gasteiger partial charge in [-0.05, 0) is 37.7 Å². The standard InChI is InChI=1S/C19H26N4OS/c1-11-12(2)21-22-18-15(11)16(20)17(25-18)19(24)23-9-8-14(10-23)13-6-4-3-5-7-13/h13-14H,3-10,20H2,1-2H3. The fraction of sp³-hybridized carbons (Fsp3) is 0.632. The number of hydrogen-bond acceptors (Lipinski definition) is 5. The van der Waals surface area contributed by atoms with E-state index in [-0.39, 0.29) is 5.91 Å². The SMILES string of the molecule is Cc1nnc2sc(C(=O)N3CCC(C4CCCCC4)C3)c(N)c2c1C. The minimum absolute atomic E-state index is 0.0795. The Morgan fingerprint density at radius 3 is 2.64 bits per heavy atom. The number of rotatable bonds is 2. The third kappa shape index (κ3) is 2.90. The van der Waals surface area contributed by atoms with Crippen molar-refractivity contribution in [2.75, 3.05) is 18.8 Å². The van der Waals surface area contributed by atoms with Gasteiger partial charge in [-0.15, -0.1) is 16.4 Å². The van der Waals surface area contributed by atoms with Crippen LogP contribution in [0.5, 0.6) is 0 Å². The summed E-state index contributed by atoms with van der Waals surface area (Å²) >= 11 is 1.39. The highest BCUT2D eigenvalue weighted by atomic mass is 32.1. The van der Waals surface area contributed by atoms with Gasteiger partial charge in [-0.1, -0.05) is 32.1 Å². The number of carbonyl (C=O) groups excluding carboxylic acids is 1. The molecular formula is C19H26N4OS. The molecule has 2 fully saturated rings. The maximum atomic E-state index is 13.1. The van der Waals surface area contributed by atoms with Crippen LogP contribution in [-0.2, 0) is 0 Å². The van der Waals surface area contributed by atoms with E-state index in [1.165, 1.54) is 43.4 Å². The molecule has 6 heteroatoms. The lowest BCUT2D eigenvalue weighted by molar-refractivity contribution is 0.0785. The predicted octanol–water partition coefficient (Wildman–Crippen LogP) is 3.93. The second-order valence-electron chi connectivity index (χ2n) is 7.63. The quantitative estimate of drug-likeness (QED) is 0.883. The van der Waals surface area contributed by atoms with E-state index in [4.69, 9.17) is 5.73 Å². The lowest BCUT2D eigenvalue weighted by Crippen LogP contribution is -2.30. The van der Waals surface area contributed by atoms with Gasteiger partial charge in [-0.2, -0.15) is 5.10 Å². The van der Waals surface area contributed by atoms with Crippen LogP contribution in [0.1, 0.15) is 59.5 Å². The van der Waals surface area contributed by atoms with Crippen molar-refractivity contribution < 1.29 is 4.79 Å². The molecule has 1 atom stereocenters. The highest BCUT2D eigenvalue weighted by Crippen LogP contribution is 2.38. The smallest absolute Gasteiger partial charge is 0.266 e. The summed E-state index contributed by atoms with van der Waals surface area (Å²) < 4.78 is 0. The Hall–Kier alpha value is -1.69. The van der Waals surface area contributed by atoms with Crippen molar-refractivity contribution in [2.24, 2.45) is 11.8 Å². The number of nitrogens with two attached hydrogens (primary N) is 1. The fourth-order valence-corrected chi connectivity index (χ4v) is 5.57. The number of thiophene rings is 1. The first-order valence-corrected chi connectivity index (χ1v) is 10.2. The van der Waals surface area contributed by atoms with Gasteiger partial charge in [0.1, 0.15) is 9.71 Å². The Labute approximate surface area is 152 Å². The van der Waals surface area contributed by atoms with Gasteiger partial charge >= 0.3 is 0 Å². The molecule has 2 aliphatic rings. The van der Waals surface area contributed by atoms with E-state index in [2.05, 4.69) is 10.2 Å². The lowest BCUT2D eigenvalue weighted by Gasteiger charge is -2.27. The molecule has 4 rings (SSSR count). The van der Waals surface area contributed by atoms with Crippen molar-refractivity contribution in [2.45, 2.75) is 52.4 Å². The van der Waals surface area contributed by atoms with Crippen molar-refractivity contribution in [1.82, 2.24) is 15.1 Å². The molecule has 1 saturated heterocycles. The summed E-state index contributed by atoms with van der Waals surface area (Å²) in [5, 5.41) is 9.32. The molecular weight excluding hydrogens is 332 g/mol. The number of nitrogens with zero attached hydrogens (tertiary/aromatic N) is 3. The first kappa shape index (κ1) is 16.8. The number of aryl methyl sites for hydroxylation is 2. The van der Waals surface area contributed by atoms with Crippen LogP contribution in [0.15, 0.2) is 0 Å². The van der Waals surface area contributed by atoms with Crippen LogP contribution in [-0.4, -0.2) is 34.1 Å². The molecule has 3 heterocycles. The Morgan fingerprint density at radius 2 is 1.88 bits per heavy atom. The zero-order valence-corrected chi connectivity index (χ0v) is 15.9. The Kier molecular flexibility index (Phi) is 4.40. The molecule has 2 aromatic heterocycles. The van der Waals surface area contributed by atoms with Crippen LogP contribution < -0.4 is 5.73 Å². The third-order valence-electron chi connectivity index (χ3n) is 6.16. The van der Waals surface area contributed by atoms with Gasteiger partial charge < -0.3 is 10.6 Å². The summed E-state index contributed by atoms with van der Waals surface area (Å²) in [7, 11) is 0. The summed E-state index contributed by atoms with van der Waals surface area (Å²) in [5.41, 5.74) is 8.83. The van der Waals surface area contributed by atoms with Crippen molar-refractivity contribution in [1.29, 1.82) is 0 Å². The van der Waals surface area contributed by atoms with Crippen LogP contribution in [0.2, 0.25) is 0 Å². The lowest BCUT2D eigenvalue weighted by atomic mass is 9.80. The summed E-state index contributed by atoms with van der Waals surface area (Å²) in [6.07, 6.45) is 7.91. The van der Waals surface area contributed by atoms with Crippen molar-refractivity contribution >= 4 is 33.1 Å². The number of nitrogen functional groups attached to an aromatic ring is 1. The second kappa shape index (κ2) is 6.56. The van der Waals surface area contributed by atoms with E-state index in [1.54, 1.807) is 0 Å². The average Bonchev–Trinajstić information content (AvgIpc) is 3.24. The van der Waals surface area contributed by atoms with Crippen LogP contribution in [0, 0.1) is 25.7 Å². The maximum absolute atomic E-state index is 13.1. The number of likely N-dealkylation sites (tertiary alicyclic amines) is 1. The third-order valence-corrected chi connectivity index (χ3v) is 7.24. The van der Waals surface area contributed by atoms with Gasteiger partial charge in [0, 0.05) is 18.5 Å². The number of carbonyl (C=O) groups is 1. The summed E-state index contributed by atoms with van der Waals surface area (Å²) in [4.78, 5) is 16.5. The molecule has 134 valence electrons. The average molecular weight is 359 g/mol. The summed E-state index contributed by atoms with van der Waals surface area (Å²) in [6.45, 7) is 5.67. The molecule has 1 aliphatic heterocycles. The van der Waals surface area contributed by atoms with Gasteiger partial charge in [0.25, 0.3) is 5.91 Å². The van der Waals surface area contributed by atoms with Crippen molar-refractivity contribution in [3.63, 3.8) is 0 Å². The molecule has 0 aromatic carbocycles. The zero-order valence-electron chi connectivity index (χ0n) is 15.0. The van der Waals surface area contributed by atoms with E-state index in [0.717, 1.165) is 46.9 Å². The van der Waals surface area contributed by atoms with E-state index >= 15 is 0 Å². The minimum Gasteiger partial charge on any atom is -0.397 e. The molecule has 5 nitrogen and oxygen atoms in total. The van der Waals surface area contributed by atoms with Crippen molar-refractivity contribution in [3.8, 4) is 0 Å². The molecule has 1 saturated carbocycles. The molecule has 1 aliphatic carbocycles. The first-order valence-electron chi connectivity index (χ1n) is 9.37. The van der Waals surface area contributed by atoms with Crippen LogP contribution in [0.4, 0.5) is 5.69 Å². The topological polar surface area (TPSA) is 72.1 Å². The molecule has 0 bridgehead atoms. The molecule has 0 radical (unpaired) electrons. The fourth-order valence-electron chi connectivity index (χ4n) is 4.51. The Morgan fingerprint density at radius 1 is 1.12 bits per heavy atom. The van der Waals surface area contributed by atoms with Crippen LogP contribution >= 0.6 is 11.3 Å². The van der Waals surface area contributed by atoms with E-state index < -0.39 is 0 Å². The zero-order chi connectivity index (χ0) is 17.6. The highest BCUT2D eigenvalue weighted by Gasteiger charge is 2.34. The van der Waals surface area contributed by atoms with E-state index in [0.29, 0.717) is 16.5 Å². The highest BCUT2D eigenvalue weighted by molar-refractivity contribution is 7.21. The second-order valence-corrected chi connectivity index (χ2v) is 8.63. The molecule has 2 aromatic rings. The molecule has 1 amide bonds. The first-order chi connectivity index (χ1) is 12.1. The number of aromatic nitrogens is 2. The van der Waals surface area contributed by atoms with Gasteiger partial charge in [0.15, 0.2) is 0 Å². The number of amides is 1. The molecule has 25 heavy (non-hydrogen) atoms. The largest absolute Gasteiger partial charge is 0.397 e. The molecule has 1 unspecified atom stereocenters. The van der Waals surface area contributed by atoms with Gasteiger partial charge in [0.05, 0.1) is 11.4 Å². The Balaban J connectivity index is 1.56. The summed E-state index contributed by atoms with van der Waals surface area (Å²) in [6, 6.07) is 0. The normalized spacial score (nSPS) is 22.0. The maximum Gasteiger partial charge on any atom is 0.266 e. The van der Waals surface area contributed by atoms with Crippen LogP contribution in [0.3, 0.4) is 0 Å². The molecule has 2 N–H and O–H groups in total.